The summed E-state index contributed by atoms with van der Waals surface area (Å²) in [4.78, 5) is 16.5. The first-order chi connectivity index (χ1) is 15.9. The fourth-order valence-electron chi connectivity index (χ4n) is 3.36. The Hall–Kier alpha value is -2.94. The van der Waals surface area contributed by atoms with E-state index in [1.54, 1.807) is 72.8 Å². The fourth-order valence-corrected chi connectivity index (χ4v) is 4.86. The lowest BCUT2D eigenvalue weighted by molar-refractivity contribution is -0.134. The van der Waals surface area contributed by atoms with Gasteiger partial charge in [0.2, 0.25) is 10.0 Å². The molecule has 1 atom stereocenters. The number of carbonyl (C=O) groups excluding carboxylic acids is 1. The van der Waals surface area contributed by atoms with Crippen LogP contribution in [0.25, 0.3) is 0 Å². The predicted octanol–water partition coefficient (Wildman–Crippen LogP) is 5.96. The fraction of sp³-hybridized carbons (Fsp3) is 0.240. The highest BCUT2D eigenvalue weighted by atomic mass is 35.5. The summed E-state index contributed by atoms with van der Waals surface area (Å²) in [6.07, 6.45) is 3.03. The number of nitrogens with zero attached hydrogens (tertiary/aromatic N) is 1. The Labute approximate surface area is 218 Å². The average Bonchev–Trinajstić information content (AvgIpc) is 2.81. The van der Waals surface area contributed by atoms with Gasteiger partial charge >= 0.3 is 5.97 Å². The average molecular weight is 538 g/mol. The van der Waals surface area contributed by atoms with E-state index in [1.807, 2.05) is 6.92 Å². The quantitative estimate of drug-likeness (QED) is 0.178. The van der Waals surface area contributed by atoms with E-state index in [1.165, 1.54) is 6.20 Å². The molecule has 2 N–H and O–H groups in total. The zero-order chi connectivity index (χ0) is 23.7. The monoisotopic (exact) mass is 537 g/mol. The molecule has 0 saturated heterocycles. The summed E-state index contributed by atoms with van der Waals surface area (Å²) in [6.45, 7) is 2.01. The molecule has 0 aliphatic rings. The predicted molar refractivity (Wildman–Crippen MR) is 144 cm³/mol. The first kappa shape index (κ1) is 30.1. The number of hydrogen-bond donors (Lipinski definition) is 2. The molecule has 188 valence electrons. The molecule has 1 unspecified atom stereocenters. The summed E-state index contributed by atoms with van der Waals surface area (Å²) in [6, 6.07) is 20.5. The van der Waals surface area contributed by atoms with E-state index in [2.05, 4.69) is 9.71 Å². The number of aromatic nitrogens is 1. The Balaban J connectivity index is 0.00000306. The molecule has 1 heterocycles. The summed E-state index contributed by atoms with van der Waals surface area (Å²) in [7, 11) is -3.86. The highest BCUT2D eigenvalue weighted by Crippen LogP contribution is 2.29. The van der Waals surface area contributed by atoms with Gasteiger partial charge in [-0.1, -0.05) is 49.7 Å². The van der Waals surface area contributed by atoms with Gasteiger partial charge in [0.15, 0.2) is 0 Å². The minimum atomic E-state index is -3.86. The molecule has 1 aromatic heterocycles. The van der Waals surface area contributed by atoms with Crippen molar-refractivity contribution in [1.82, 2.24) is 4.98 Å². The van der Waals surface area contributed by atoms with E-state index in [9.17, 15) is 13.2 Å². The molecule has 0 aliphatic heterocycles. The van der Waals surface area contributed by atoms with Crippen LogP contribution in [0, 0.1) is 5.41 Å². The molecule has 10 heteroatoms. The second-order valence-corrected chi connectivity index (χ2v) is 9.39. The lowest BCUT2D eigenvalue weighted by atomic mass is 10.1. The largest absolute Gasteiger partial charge is 0.427 e. The molecule has 0 fully saturated rings. The van der Waals surface area contributed by atoms with Crippen LogP contribution in [0.1, 0.15) is 49.0 Å². The summed E-state index contributed by atoms with van der Waals surface area (Å²) in [5, 5.41) is 7.05. The van der Waals surface area contributed by atoms with Gasteiger partial charge in [-0.3, -0.25) is 9.52 Å². The second-order valence-electron chi connectivity index (χ2n) is 7.53. The van der Waals surface area contributed by atoms with Gasteiger partial charge < -0.3 is 10.1 Å². The van der Waals surface area contributed by atoms with Crippen molar-refractivity contribution >= 4 is 52.3 Å². The second kappa shape index (κ2) is 14.5. The number of rotatable bonds is 11. The molecule has 0 aliphatic carbocycles. The van der Waals surface area contributed by atoms with Gasteiger partial charge in [-0.15, -0.1) is 24.8 Å². The third-order valence-corrected chi connectivity index (χ3v) is 6.75. The van der Waals surface area contributed by atoms with Crippen LogP contribution in [0.2, 0.25) is 0 Å². The van der Waals surface area contributed by atoms with Crippen molar-refractivity contribution in [2.75, 3.05) is 4.72 Å². The van der Waals surface area contributed by atoms with E-state index in [0.29, 0.717) is 23.4 Å². The van der Waals surface area contributed by atoms with Gasteiger partial charge in [0.1, 0.15) is 16.8 Å². The highest BCUT2D eigenvalue weighted by Gasteiger charge is 2.28. The van der Waals surface area contributed by atoms with E-state index >= 15 is 0 Å². The number of nitrogens with one attached hydrogen (secondary N) is 2. The number of ether oxygens (including phenoxy) is 1. The standard InChI is InChI=1S/C25H27N3O4S.2ClH/c1-2-8-22(26)19-12-14-21(15-13-19)32-25(29)17-16-23(20-9-4-3-5-10-20)33(30,31)28-24-11-6-7-18-27-24;;/h3-7,9-15,18,23,26H,2,8,16-17H2,1H3,(H,27,28);2*1H. The molecule has 0 saturated carbocycles. The zero-order valence-corrected chi connectivity index (χ0v) is 21.7. The van der Waals surface area contributed by atoms with Gasteiger partial charge in [0.05, 0.1) is 0 Å². The van der Waals surface area contributed by atoms with Gasteiger partial charge in [-0.25, -0.2) is 13.4 Å². The molecule has 0 bridgehead atoms. The molecule has 7 nitrogen and oxygen atoms in total. The number of carbonyl (C=O) groups is 1. The molecular weight excluding hydrogens is 509 g/mol. The molecule has 0 spiro atoms. The first-order valence-corrected chi connectivity index (χ1v) is 12.3. The minimum absolute atomic E-state index is 0. The zero-order valence-electron chi connectivity index (χ0n) is 19.2. The molecule has 0 radical (unpaired) electrons. The van der Waals surface area contributed by atoms with Crippen molar-refractivity contribution in [3.63, 3.8) is 0 Å². The van der Waals surface area contributed by atoms with E-state index in [4.69, 9.17) is 10.1 Å². The molecule has 0 amide bonds. The maximum absolute atomic E-state index is 13.1. The Morgan fingerprint density at radius 1 is 0.971 bits per heavy atom. The van der Waals surface area contributed by atoms with Crippen LogP contribution in [-0.4, -0.2) is 25.1 Å². The SMILES string of the molecule is CCCC(=N)c1ccc(OC(=O)CCC(c2ccccc2)S(=O)(=O)Nc2ccccn2)cc1.Cl.Cl. The lowest BCUT2D eigenvalue weighted by Crippen LogP contribution is -2.23. The number of hydrogen-bond acceptors (Lipinski definition) is 6. The molecular formula is C25H29Cl2N3O4S. The summed E-state index contributed by atoms with van der Waals surface area (Å²) < 4.78 is 34.1. The number of anilines is 1. The van der Waals surface area contributed by atoms with Crippen LogP contribution in [0.15, 0.2) is 79.0 Å². The maximum Gasteiger partial charge on any atom is 0.311 e. The van der Waals surface area contributed by atoms with Gasteiger partial charge in [-0.2, -0.15) is 0 Å². The van der Waals surface area contributed by atoms with Crippen LogP contribution in [0.5, 0.6) is 5.75 Å². The van der Waals surface area contributed by atoms with Crippen LogP contribution in [0.3, 0.4) is 0 Å². The van der Waals surface area contributed by atoms with Crippen molar-refractivity contribution in [3.05, 3.63) is 90.1 Å². The Morgan fingerprint density at radius 2 is 1.63 bits per heavy atom. The number of sulfonamides is 1. The number of esters is 1. The third-order valence-electron chi connectivity index (χ3n) is 5.00. The van der Waals surface area contributed by atoms with Crippen molar-refractivity contribution < 1.29 is 17.9 Å². The minimum Gasteiger partial charge on any atom is -0.427 e. The summed E-state index contributed by atoms with van der Waals surface area (Å²) in [5.41, 5.74) is 1.90. The van der Waals surface area contributed by atoms with Gasteiger partial charge in [0, 0.05) is 18.3 Å². The molecule has 2 aromatic carbocycles. The Kier molecular flexibility index (Phi) is 12.4. The normalized spacial score (nSPS) is 11.3. The van der Waals surface area contributed by atoms with Crippen LogP contribution >= 0.6 is 24.8 Å². The summed E-state index contributed by atoms with van der Waals surface area (Å²) >= 11 is 0. The van der Waals surface area contributed by atoms with Crippen LogP contribution in [0.4, 0.5) is 5.82 Å². The molecule has 3 aromatic rings. The van der Waals surface area contributed by atoms with Crippen molar-refractivity contribution in [2.24, 2.45) is 0 Å². The van der Waals surface area contributed by atoms with Crippen LogP contribution in [-0.2, 0) is 14.8 Å². The van der Waals surface area contributed by atoms with Crippen molar-refractivity contribution in [3.8, 4) is 5.75 Å². The van der Waals surface area contributed by atoms with Gasteiger partial charge in [0.25, 0.3) is 0 Å². The van der Waals surface area contributed by atoms with Crippen LogP contribution < -0.4 is 9.46 Å². The van der Waals surface area contributed by atoms with E-state index < -0.39 is 21.2 Å². The molecule has 3 rings (SSSR count). The topological polar surface area (TPSA) is 109 Å². The summed E-state index contributed by atoms with van der Waals surface area (Å²) in [5.74, 6) is 0.0499. The van der Waals surface area contributed by atoms with E-state index in [-0.39, 0.29) is 43.5 Å². The smallest absolute Gasteiger partial charge is 0.311 e. The van der Waals surface area contributed by atoms with Crippen molar-refractivity contribution in [1.29, 1.82) is 5.41 Å². The maximum atomic E-state index is 13.1. The van der Waals surface area contributed by atoms with Gasteiger partial charge in [-0.05, 0) is 60.4 Å². The highest BCUT2D eigenvalue weighted by molar-refractivity contribution is 7.92. The number of benzene rings is 2. The lowest BCUT2D eigenvalue weighted by Gasteiger charge is -2.18. The molecule has 35 heavy (non-hydrogen) atoms. The number of pyridine rings is 1. The number of halogens is 2. The Bertz CT molecular complexity index is 1180. The van der Waals surface area contributed by atoms with E-state index in [0.717, 1.165) is 12.0 Å². The first-order valence-electron chi connectivity index (χ1n) is 10.7. The third kappa shape index (κ3) is 8.98. The van der Waals surface area contributed by atoms with Crippen molar-refractivity contribution in [2.45, 2.75) is 37.9 Å². The Morgan fingerprint density at radius 3 is 2.23 bits per heavy atom.